The van der Waals surface area contributed by atoms with E-state index in [1.807, 2.05) is 0 Å². The fraction of sp³-hybridized carbons (Fsp3) is 1.00. The second-order valence-electron chi connectivity index (χ2n) is 10.5. The highest BCUT2D eigenvalue weighted by atomic mass is 28.4. The van der Waals surface area contributed by atoms with E-state index in [2.05, 4.69) is 77.0 Å². The van der Waals surface area contributed by atoms with Crippen molar-refractivity contribution in [2.24, 2.45) is 5.41 Å². The molecule has 0 heterocycles. The van der Waals surface area contributed by atoms with E-state index in [0.29, 0.717) is 19.8 Å². The van der Waals surface area contributed by atoms with Gasteiger partial charge in [-0.05, 0) is 98.6 Å². The summed E-state index contributed by atoms with van der Waals surface area (Å²) in [6.45, 7) is 32.1. The molecule has 0 aliphatic rings. The summed E-state index contributed by atoms with van der Waals surface area (Å²) >= 11 is 0. The monoisotopic (exact) mass is 531 g/mol. The summed E-state index contributed by atoms with van der Waals surface area (Å²) in [6.07, 6.45) is 7.10. The first kappa shape index (κ1) is 36.0. The first-order chi connectivity index (χ1) is 17.4. The lowest BCUT2D eigenvalue weighted by molar-refractivity contribution is 0.0233. The van der Waals surface area contributed by atoms with Crippen LogP contribution < -0.4 is 0 Å². The van der Waals surface area contributed by atoms with Crippen LogP contribution >= 0.6 is 0 Å². The average molecular weight is 532 g/mol. The van der Waals surface area contributed by atoms with Gasteiger partial charge in [0.15, 0.2) is 0 Å². The van der Waals surface area contributed by atoms with Gasteiger partial charge in [0, 0.05) is 50.9 Å². The topological polar surface area (TPSA) is 37.4 Å². The molecule has 0 saturated heterocycles. The summed E-state index contributed by atoms with van der Waals surface area (Å²) in [5.41, 5.74) is 0.0186. The molecule has 36 heavy (non-hydrogen) atoms. The quantitative estimate of drug-likeness (QED) is 0.120. The van der Waals surface area contributed by atoms with Crippen molar-refractivity contribution in [3.8, 4) is 0 Å². The van der Waals surface area contributed by atoms with Crippen LogP contribution in [-0.2, 0) is 13.3 Å². The fourth-order valence-electron chi connectivity index (χ4n) is 5.84. The fourth-order valence-corrected chi connectivity index (χ4v) is 8.97. The molecule has 6 nitrogen and oxygen atoms in total. The third-order valence-electron chi connectivity index (χ3n) is 6.60. The molecular formula is C29H65N3O3Si. The maximum Gasteiger partial charge on any atom is 0.501 e. The Morgan fingerprint density at radius 2 is 0.694 bits per heavy atom. The Hall–Kier alpha value is -0.0231. The second kappa shape index (κ2) is 21.9. The van der Waals surface area contributed by atoms with Gasteiger partial charge in [0.05, 0.1) is 0 Å². The van der Waals surface area contributed by atoms with Gasteiger partial charge in [-0.1, -0.05) is 41.5 Å². The predicted octanol–water partition coefficient (Wildman–Crippen LogP) is 6.39. The van der Waals surface area contributed by atoms with Crippen molar-refractivity contribution < 1.29 is 13.3 Å². The molecule has 0 amide bonds. The smallest absolute Gasteiger partial charge is 0.374 e. The number of nitrogens with zero attached hydrogens (tertiary/aromatic N) is 3. The standard InChI is InChI=1S/C29H65N3O3Si/c1-10-19-30(20-11-2)25-29(26-31(21-12-3)22-13-4,27-32(23-14-5)24-15-6)28-36(33-16-7,34-17-8)35-18-9/h10-28H2,1-9H3. The summed E-state index contributed by atoms with van der Waals surface area (Å²) in [5, 5.41) is 0. The molecule has 0 spiro atoms. The molecular weight excluding hydrogens is 466 g/mol. The highest BCUT2D eigenvalue weighted by Gasteiger charge is 2.50. The third kappa shape index (κ3) is 14.2. The van der Waals surface area contributed by atoms with Crippen LogP contribution in [0.4, 0.5) is 0 Å². The molecule has 0 atom stereocenters. The molecule has 0 fully saturated rings. The van der Waals surface area contributed by atoms with Gasteiger partial charge < -0.3 is 28.0 Å². The summed E-state index contributed by atoms with van der Waals surface area (Å²) in [4.78, 5) is 8.15. The highest BCUT2D eigenvalue weighted by molar-refractivity contribution is 6.61. The van der Waals surface area contributed by atoms with Crippen LogP contribution in [0.15, 0.2) is 0 Å². The van der Waals surface area contributed by atoms with Crippen molar-refractivity contribution in [3.63, 3.8) is 0 Å². The summed E-state index contributed by atoms with van der Waals surface area (Å²) in [6, 6.07) is 0.882. The molecule has 0 aromatic rings. The Labute approximate surface area is 227 Å². The normalized spacial score (nSPS) is 13.0. The summed E-state index contributed by atoms with van der Waals surface area (Å²) in [7, 11) is -2.85. The van der Waals surface area contributed by atoms with Crippen LogP contribution in [-0.4, -0.2) is 102 Å². The van der Waals surface area contributed by atoms with Crippen molar-refractivity contribution in [2.75, 3.05) is 78.7 Å². The maximum absolute atomic E-state index is 6.51. The zero-order chi connectivity index (χ0) is 27.3. The lowest BCUT2D eigenvalue weighted by Crippen LogP contribution is -2.59. The van der Waals surface area contributed by atoms with Crippen molar-refractivity contribution in [3.05, 3.63) is 0 Å². The summed E-state index contributed by atoms with van der Waals surface area (Å²) in [5.74, 6) is 0. The Kier molecular flexibility index (Phi) is 21.8. The van der Waals surface area contributed by atoms with Gasteiger partial charge in [-0.3, -0.25) is 0 Å². The molecule has 0 radical (unpaired) electrons. The number of rotatable bonds is 26. The summed E-state index contributed by atoms with van der Waals surface area (Å²) < 4.78 is 19.5. The molecule has 0 bridgehead atoms. The van der Waals surface area contributed by atoms with Gasteiger partial charge in [-0.25, -0.2) is 0 Å². The molecule has 0 rings (SSSR count). The van der Waals surface area contributed by atoms with E-state index in [9.17, 15) is 0 Å². The first-order valence-electron chi connectivity index (χ1n) is 15.5. The Balaban J connectivity index is 6.74. The van der Waals surface area contributed by atoms with Gasteiger partial charge in [-0.2, -0.15) is 0 Å². The second-order valence-corrected chi connectivity index (χ2v) is 13.1. The van der Waals surface area contributed by atoms with Crippen molar-refractivity contribution in [2.45, 2.75) is 107 Å². The predicted molar refractivity (Wildman–Crippen MR) is 159 cm³/mol. The van der Waals surface area contributed by atoms with Gasteiger partial charge >= 0.3 is 8.80 Å². The zero-order valence-electron chi connectivity index (χ0n) is 26.0. The van der Waals surface area contributed by atoms with E-state index in [1.165, 1.54) is 38.5 Å². The Morgan fingerprint density at radius 1 is 0.444 bits per heavy atom. The molecule has 0 aliphatic carbocycles. The van der Waals surface area contributed by atoms with Crippen LogP contribution in [0, 0.1) is 5.41 Å². The van der Waals surface area contributed by atoms with Gasteiger partial charge in [0.25, 0.3) is 0 Å². The SMILES string of the molecule is CCCN(CCC)CC(CN(CCC)CCC)(CN(CCC)CCC)C[Si](OCC)(OCC)OCC. The molecule has 0 aromatic heterocycles. The maximum atomic E-state index is 6.51. The van der Waals surface area contributed by atoms with Gasteiger partial charge in [0.2, 0.25) is 0 Å². The van der Waals surface area contributed by atoms with Crippen molar-refractivity contribution in [1.82, 2.24) is 14.7 Å². The Bertz CT molecular complexity index is 418. The van der Waals surface area contributed by atoms with Gasteiger partial charge in [-0.15, -0.1) is 0 Å². The van der Waals surface area contributed by atoms with Gasteiger partial charge in [0.1, 0.15) is 0 Å². The van der Waals surface area contributed by atoms with Crippen LogP contribution in [0.5, 0.6) is 0 Å². The third-order valence-corrected chi connectivity index (χ3v) is 9.97. The van der Waals surface area contributed by atoms with E-state index < -0.39 is 8.80 Å². The minimum atomic E-state index is -2.85. The largest absolute Gasteiger partial charge is 0.501 e. The molecule has 218 valence electrons. The van der Waals surface area contributed by atoms with Crippen molar-refractivity contribution in [1.29, 1.82) is 0 Å². The number of hydrogen-bond donors (Lipinski definition) is 0. The van der Waals surface area contributed by atoms with Crippen LogP contribution in [0.25, 0.3) is 0 Å². The van der Waals surface area contributed by atoms with E-state index in [0.717, 1.165) is 64.9 Å². The van der Waals surface area contributed by atoms with E-state index >= 15 is 0 Å². The van der Waals surface area contributed by atoms with E-state index in [4.69, 9.17) is 13.3 Å². The minimum Gasteiger partial charge on any atom is -0.374 e. The number of hydrogen-bond acceptors (Lipinski definition) is 6. The lowest BCUT2D eigenvalue weighted by atomic mass is 9.87. The minimum absolute atomic E-state index is 0.0186. The molecule has 0 aromatic carbocycles. The molecule has 0 aliphatic heterocycles. The van der Waals surface area contributed by atoms with Crippen LogP contribution in [0.1, 0.15) is 101 Å². The molecule has 7 heteroatoms. The van der Waals surface area contributed by atoms with Crippen LogP contribution in [0.2, 0.25) is 6.04 Å². The lowest BCUT2D eigenvalue weighted by Gasteiger charge is -2.47. The van der Waals surface area contributed by atoms with Crippen LogP contribution in [0.3, 0.4) is 0 Å². The molecule has 0 N–H and O–H groups in total. The zero-order valence-corrected chi connectivity index (χ0v) is 27.0. The molecule has 0 unspecified atom stereocenters. The van der Waals surface area contributed by atoms with Crippen molar-refractivity contribution >= 4 is 8.80 Å². The average Bonchev–Trinajstić information content (AvgIpc) is 2.80. The Morgan fingerprint density at radius 3 is 0.889 bits per heavy atom. The highest BCUT2D eigenvalue weighted by Crippen LogP contribution is 2.36. The molecule has 0 saturated carbocycles. The van der Waals surface area contributed by atoms with E-state index in [-0.39, 0.29) is 5.41 Å². The first-order valence-corrected chi connectivity index (χ1v) is 17.4. The van der Waals surface area contributed by atoms with E-state index in [1.54, 1.807) is 0 Å².